The summed E-state index contributed by atoms with van der Waals surface area (Å²) < 4.78 is 0. The molecule has 0 aliphatic rings. The number of aliphatic carboxylic acids is 4. The van der Waals surface area contributed by atoms with Crippen molar-refractivity contribution < 1.29 is 39.6 Å². The van der Waals surface area contributed by atoms with Gasteiger partial charge in [-0.2, -0.15) is 0 Å². The van der Waals surface area contributed by atoms with Crippen molar-refractivity contribution in [3.8, 4) is 0 Å². The lowest BCUT2D eigenvalue weighted by Gasteiger charge is -1.90. The van der Waals surface area contributed by atoms with Crippen LogP contribution >= 0.6 is 0 Å². The SMILES string of the molecule is O=C([O-])/C=C\C(=O)[O-].O=C([O-])/C=C\C(=O)[O-].[NH4+].[NH4+].[NH4+].[NH4+]. The lowest BCUT2D eigenvalue weighted by molar-refractivity contribution is -0.301. The Balaban J connectivity index is -0.0000000408. The molecule has 12 heteroatoms. The van der Waals surface area contributed by atoms with Crippen LogP contribution in [0.25, 0.3) is 0 Å². The van der Waals surface area contributed by atoms with E-state index in [0.29, 0.717) is 24.3 Å². The van der Waals surface area contributed by atoms with Crippen LogP contribution in [0.5, 0.6) is 0 Å². The van der Waals surface area contributed by atoms with E-state index in [1.807, 2.05) is 0 Å². The summed E-state index contributed by atoms with van der Waals surface area (Å²) >= 11 is 0. The van der Waals surface area contributed by atoms with Gasteiger partial charge in [0.1, 0.15) is 0 Å². The second-order valence-corrected chi connectivity index (χ2v) is 1.94. The third kappa shape index (κ3) is 59.1. The molecule has 12 nitrogen and oxygen atoms in total. The van der Waals surface area contributed by atoms with Gasteiger partial charge in [-0.1, -0.05) is 0 Å². The fourth-order valence-electron chi connectivity index (χ4n) is 0.272. The lowest BCUT2D eigenvalue weighted by atomic mass is 10.5. The van der Waals surface area contributed by atoms with Gasteiger partial charge in [-0.15, -0.1) is 0 Å². The van der Waals surface area contributed by atoms with Crippen molar-refractivity contribution in [1.29, 1.82) is 0 Å². The van der Waals surface area contributed by atoms with E-state index in [9.17, 15) is 39.6 Å². The van der Waals surface area contributed by atoms with Gasteiger partial charge >= 0.3 is 0 Å². The lowest BCUT2D eigenvalue weighted by Crippen LogP contribution is -2.23. The Hall–Kier alpha value is -2.80. The zero-order valence-corrected chi connectivity index (χ0v) is 11.6. The topological polar surface area (TPSA) is 307 Å². The molecule has 0 aromatic carbocycles. The fourth-order valence-corrected chi connectivity index (χ4v) is 0.272. The number of carboxylic acids is 4. The summed E-state index contributed by atoms with van der Waals surface area (Å²) in [5.74, 6) is -6.19. The molecule has 120 valence electrons. The molecule has 0 saturated carbocycles. The standard InChI is InChI=1S/2C4H4O4.4H3N/c2*5-3(6)1-2-4(7)8;;;;/h2*1-2H,(H,5,6)(H,7,8);4*1H3/b2*2-1-;;;;. The number of rotatable bonds is 4. The van der Waals surface area contributed by atoms with Crippen molar-refractivity contribution in [2.75, 3.05) is 0 Å². The van der Waals surface area contributed by atoms with Crippen LogP contribution in [-0.4, -0.2) is 23.9 Å². The average molecular weight is 300 g/mol. The Labute approximate surface area is 113 Å². The summed E-state index contributed by atoms with van der Waals surface area (Å²) in [7, 11) is 0. The smallest absolute Gasteiger partial charge is 0.0643 e. The Bertz CT molecular complexity index is 286. The minimum absolute atomic E-state index is 0. The quantitative estimate of drug-likeness (QED) is 0.366. The Morgan fingerprint density at radius 2 is 0.550 bits per heavy atom. The number of carbonyl (C=O) groups is 4. The third-order valence-corrected chi connectivity index (χ3v) is 0.711. The predicted molar refractivity (Wildman–Crippen MR) is 62.2 cm³/mol. The number of hydrogen-bond donors (Lipinski definition) is 4. The van der Waals surface area contributed by atoms with Gasteiger partial charge in [0.25, 0.3) is 0 Å². The van der Waals surface area contributed by atoms with Crippen molar-refractivity contribution >= 4 is 23.9 Å². The van der Waals surface area contributed by atoms with Gasteiger partial charge in [0.05, 0.1) is 23.9 Å². The number of carboxylic acid groups (broad SMARTS) is 4. The number of hydrogen-bond acceptors (Lipinski definition) is 8. The molecule has 16 N–H and O–H groups in total. The van der Waals surface area contributed by atoms with Gasteiger partial charge in [-0.3, -0.25) is 0 Å². The molecule has 0 rings (SSSR count). The van der Waals surface area contributed by atoms with Crippen LogP contribution in [0.3, 0.4) is 0 Å². The molecule has 0 aromatic rings. The highest BCUT2D eigenvalue weighted by Gasteiger charge is 1.71. The van der Waals surface area contributed by atoms with E-state index < -0.39 is 23.9 Å². The van der Waals surface area contributed by atoms with Crippen molar-refractivity contribution in [1.82, 2.24) is 24.6 Å². The van der Waals surface area contributed by atoms with Gasteiger partial charge in [0, 0.05) is 0 Å². The highest BCUT2D eigenvalue weighted by Crippen LogP contribution is 1.64. The molecular formula is C8H20N4O8. The van der Waals surface area contributed by atoms with Crippen LogP contribution in [-0.2, 0) is 19.2 Å². The van der Waals surface area contributed by atoms with Gasteiger partial charge in [0.2, 0.25) is 0 Å². The maximum atomic E-state index is 9.41. The third-order valence-electron chi connectivity index (χ3n) is 0.711. The highest BCUT2D eigenvalue weighted by molar-refractivity contribution is 5.88. The molecule has 0 aliphatic carbocycles. The molecule has 0 aromatic heterocycles. The molecule has 20 heavy (non-hydrogen) atoms. The maximum absolute atomic E-state index is 9.41. The van der Waals surface area contributed by atoms with E-state index in [0.717, 1.165) is 0 Å². The first-order valence-corrected chi connectivity index (χ1v) is 3.45. The molecule has 0 unspecified atom stereocenters. The van der Waals surface area contributed by atoms with Crippen LogP contribution < -0.4 is 45.0 Å². The molecule has 0 heterocycles. The second-order valence-electron chi connectivity index (χ2n) is 1.94. The summed E-state index contributed by atoms with van der Waals surface area (Å²) in [4.78, 5) is 37.7. The summed E-state index contributed by atoms with van der Waals surface area (Å²) in [6.07, 6.45) is 1.54. The van der Waals surface area contributed by atoms with Gasteiger partial charge in [-0.05, 0) is 24.3 Å². The number of carbonyl (C=O) groups excluding carboxylic acids is 4. The Morgan fingerprint density at radius 1 is 0.450 bits per heavy atom. The second kappa shape index (κ2) is 21.5. The monoisotopic (exact) mass is 300 g/mol. The van der Waals surface area contributed by atoms with E-state index >= 15 is 0 Å². The van der Waals surface area contributed by atoms with Gasteiger partial charge < -0.3 is 64.2 Å². The molecule has 0 fully saturated rings. The van der Waals surface area contributed by atoms with Crippen LogP contribution in [0, 0.1) is 0 Å². The largest absolute Gasteiger partial charge is 0.545 e. The van der Waals surface area contributed by atoms with Crippen LogP contribution in [0.4, 0.5) is 0 Å². The Kier molecular flexibility index (Phi) is 38.6. The zero-order valence-electron chi connectivity index (χ0n) is 11.6. The first-order chi connectivity index (χ1) is 7.25. The maximum Gasteiger partial charge on any atom is 0.0643 e. The van der Waals surface area contributed by atoms with Crippen molar-refractivity contribution in [3.05, 3.63) is 24.3 Å². The minimum Gasteiger partial charge on any atom is -0.545 e. The van der Waals surface area contributed by atoms with E-state index in [1.165, 1.54) is 0 Å². The first-order valence-electron chi connectivity index (χ1n) is 3.45. The summed E-state index contributed by atoms with van der Waals surface area (Å²) in [5, 5.41) is 37.7. The zero-order chi connectivity index (χ0) is 13.1. The molecule has 0 saturated heterocycles. The summed E-state index contributed by atoms with van der Waals surface area (Å²) in [5.41, 5.74) is 0. The molecule has 0 bridgehead atoms. The van der Waals surface area contributed by atoms with Gasteiger partial charge in [0.15, 0.2) is 0 Å². The number of quaternary nitrogens is 4. The fraction of sp³-hybridized carbons (Fsp3) is 0. The van der Waals surface area contributed by atoms with E-state index in [-0.39, 0.29) is 24.6 Å². The molecule has 0 aliphatic heterocycles. The molecule has 0 atom stereocenters. The van der Waals surface area contributed by atoms with Gasteiger partial charge in [-0.25, -0.2) is 0 Å². The first kappa shape index (κ1) is 36.0. The van der Waals surface area contributed by atoms with Crippen molar-refractivity contribution in [2.45, 2.75) is 0 Å². The van der Waals surface area contributed by atoms with Crippen LogP contribution in [0.2, 0.25) is 0 Å². The predicted octanol–water partition coefficient (Wildman–Crippen LogP) is -4.41. The molecule has 0 radical (unpaired) electrons. The highest BCUT2D eigenvalue weighted by atomic mass is 16.4. The van der Waals surface area contributed by atoms with Crippen molar-refractivity contribution in [3.63, 3.8) is 0 Å². The van der Waals surface area contributed by atoms with Crippen molar-refractivity contribution in [2.24, 2.45) is 0 Å². The van der Waals surface area contributed by atoms with Crippen LogP contribution in [0.15, 0.2) is 24.3 Å². The van der Waals surface area contributed by atoms with E-state index in [1.54, 1.807) is 0 Å². The average Bonchev–Trinajstić information content (AvgIpc) is 2.12. The minimum atomic E-state index is -1.55. The summed E-state index contributed by atoms with van der Waals surface area (Å²) in [6, 6.07) is 0. The van der Waals surface area contributed by atoms with Crippen LogP contribution in [0.1, 0.15) is 0 Å². The molecule has 0 spiro atoms. The molecular weight excluding hydrogens is 280 g/mol. The van der Waals surface area contributed by atoms with E-state index in [2.05, 4.69) is 0 Å². The van der Waals surface area contributed by atoms with E-state index in [4.69, 9.17) is 0 Å². The molecule has 0 amide bonds. The normalized spacial score (nSPS) is 7.60. The Morgan fingerprint density at radius 3 is 0.600 bits per heavy atom. The summed E-state index contributed by atoms with van der Waals surface area (Å²) in [6.45, 7) is 0.